The molecule has 0 bridgehead atoms. The molecule has 0 fully saturated rings. The summed E-state index contributed by atoms with van der Waals surface area (Å²) in [4.78, 5) is 5.72. The maximum Gasteiger partial charge on any atom is 0.0900 e. The number of methoxy groups -OCH3 is 1. The lowest BCUT2D eigenvalue weighted by molar-refractivity contribution is 0.106. The predicted molar refractivity (Wildman–Crippen MR) is 67.9 cm³/mol. The number of hydrogen-bond acceptors (Lipinski definition) is 5. The van der Waals surface area contributed by atoms with Crippen LogP contribution in [0.15, 0.2) is 0 Å². The van der Waals surface area contributed by atoms with Gasteiger partial charge in [-0.15, -0.1) is 11.3 Å². The monoisotopic (exact) mass is 243 g/mol. The summed E-state index contributed by atoms with van der Waals surface area (Å²) in [5, 5.41) is 4.53. The highest BCUT2D eigenvalue weighted by atomic mass is 32.1. The van der Waals surface area contributed by atoms with Crippen molar-refractivity contribution in [1.82, 2.24) is 10.3 Å². The van der Waals surface area contributed by atoms with Crippen molar-refractivity contribution in [3.63, 3.8) is 0 Å². The molecule has 4 nitrogen and oxygen atoms in total. The van der Waals surface area contributed by atoms with E-state index in [2.05, 4.69) is 17.2 Å². The second-order valence-corrected chi connectivity index (χ2v) is 5.14. The Morgan fingerprint density at radius 1 is 1.50 bits per heavy atom. The van der Waals surface area contributed by atoms with Crippen LogP contribution in [-0.4, -0.2) is 31.3 Å². The van der Waals surface area contributed by atoms with Crippen molar-refractivity contribution in [2.45, 2.75) is 32.9 Å². The van der Waals surface area contributed by atoms with Crippen LogP contribution >= 0.6 is 11.3 Å². The van der Waals surface area contributed by atoms with Gasteiger partial charge in [0.05, 0.1) is 16.8 Å². The van der Waals surface area contributed by atoms with Crippen LogP contribution in [0, 0.1) is 13.8 Å². The van der Waals surface area contributed by atoms with E-state index in [-0.39, 0.29) is 6.10 Å². The van der Waals surface area contributed by atoms with Crippen LogP contribution in [0.1, 0.15) is 28.5 Å². The summed E-state index contributed by atoms with van der Waals surface area (Å²) in [5.74, 6) is 0. The van der Waals surface area contributed by atoms with Crippen LogP contribution in [0.4, 0.5) is 0 Å². The minimum Gasteiger partial charge on any atom is -0.379 e. The van der Waals surface area contributed by atoms with Gasteiger partial charge in [-0.25, -0.2) is 4.98 Å². The molecule has 1 heterocycles. The molecule has 0 aromatic carbocycles. The van der Waals surface area contributed by atoms with Gasteiger partial charge >= 0.3 is 0 Å². The number of nitrogens with zero attached hydrogens (tertiary/aromatic N) is 1. The van der Waals surface area contributed by atoms with E-state index in [0.717, 1.165) is 17.2 Å². The summed E-state index contributed by atoms with van der Waals surface area (Å²) in [6.45, 7) is 7.53. The van der Waals surface area contributed by atoms with Crippen molar-refractivity contribution in [1.29, 1.82) is 0 Å². The third-order valence-corrected chi connectivity index (χ3v) is 3.84. The molecule has 3 N–H and O–H groups in total. The molecule has 0 saturated carbocycles. The van der Waals surface area contributed by atoms with Gasteiger partial charge in [-0.1, -0.05) is 0 Å². The molecule has 0 aliphatic carbocycles. The lowest BCUT2D eigenvalue weighted by Crippen LogP contribution is -2.35. The van der Waals surface area contributed by atoms with Crippen LogP contribution in [0.3, 0.4) is 0 Å². The normalized spacial score (nSPS) is 15.1. The van der Waals surface area contributed by atoms with E-state index in [1.54, 1.807) is 18.4 Å². The molecule has 0 aliphatic heterocycles. The number of ether oxygens (including phenoxy) is 1. The largest absolute Gasteiger partial charge is 0.379 e. The summed E-state index contributed by atoms with van der Waals surface area (Å²) in [5.41, 5.74) is 6.68. The topological polar surface area (TPSA) is 60.2 Å². The van der Waals surface area contributed by atoms with Gasteiger partial charge in [-0.05, 0) is 20.8 Å². The molecule has 1 rings (SSSR count). The zero-order valence-electron chi connectivity index (χ0n) is 10.4. The molecule has 0 aliphatic rings. The second kappa shape index (κ2) is 6.30. The average Bonchev–Trinajstić information content (AvgIpc) is 2.59. The van der Waals surface area contributed by atoms with Gasteiger partial charge in [0, 0.05) is 31.1 Å². The first-order valence-corrected chi connectivity index (χ1v) is 6.30. The third-order valence-electron chi connectivity index (χ3n) is 2.58. The summed E-state index contributed by atoms with van der Waals surface area (Å²) < 4.78 is 5.22. The van der Waals surface area contributed by atoms with Gasteiger partial charge in [0.25, 0.3) is 0 Å². The quantitative estimate of drug-likeness (QED) is 0.792. The van der Waals surface area contributed by atoms with E-state index < -0.39 is 0 Å². The fraction of sp³-hybridized carbons (Fsp3) is 0.727. The maximum atomic E-state index is 5.57. The van der Waals surface area contributed by atoms with E-state index in [9.17, 15) is 0 Å². The summed E-state index contributed by atoms with van der Waals surface area (Å²) in [7, 11) is 1.69. The Balaban J connectivity index is 2.52. The lowest BCUT2D eigenvalue weighted by Gasteiger charge is -2.18. The first-order chi connectivity index (χ1) is 7.58. The van der Waals surface area contributed by atoms with Gasteiger partial charge in [0.2, 0.25) is 0 Å². The highest BCUT2D eigenvalue weighted by Crippen LogP contribution is 2.24. The molecule has 2 unspecified atom stereocenters. The smallest absolute Gasteiger partial charge is 0.0900 e. The summed E-state index contributed by atoms with van der Waals surface area (Å²) >= 11 is 1.74. The van der Waals surface area contributed by atoms with Crippen LogP contribution in [0.5, 0.6) is 0 Å². The highest BCUT2D eigenvalue weighted by molar-refractivity contribution is 7.11. The van der Waals surface area contributed by atoms with E-state index in [1.807, 2.05) is 13.8 Å². The Kier molecular flexibility index (Phi) is 5.34. The zero-order chi connectivity index (χ0) is 12.1. The molecule has 1 aromatic heterocycles. The van der Waals surface area contributed by atoms with Crippen LogP contribution in [0.25, 0.3) is 0 Å². The van der Waals surface area contributed by atoms with E-state index in [0.29, 0.717) is 12.6 Å². The van der Waals surface area contributed by atoms with Crippen molar-refractivity contribution in [3.05, 3.63) is 15.6 Å². The Morgan fingerprint density at radius 2 is 2.19 bits per heavy atom. The number of aromatic nitrogens is 1. The summed E-state index contributed by atoms with van der Waals surface area (Å²) in [6.07, 6.45) is 0.0803. The number of hydrogen-bond donors (Lipinski definition) is 2. The minimum atomic E-state index is 0.0803. The molecule has 1 aromatic rings. The fourth-order valence-corrected chi connectivity index (χ4v) is 2.57. The van der Waals surface area contributed by atoms with E-state index >= 15 is 0 Å². The Labute approximate surface area is 101 Å². The number of aryl methyl sites for hydroxylation is 2. The molecular weight excluding hydrogens is 222 g/mol. The minimum absolute atomic E-state index is 0.0803. The van der Waals surface area contributed by atoms with Crippen LogP contribution < -0.4 is 11.1 Å². The van der Waals surface area contributed by atoms with Crippen molar-refractivity contribution in [2.24, 2.45) is 5.73 Å². The fourth-order valence-electron chi connectivity index (χ4n) is 1.61. The van der Waals surface area contributed by atoms with Gasteiger partial charge in [-0.3, -0.25) is 0 Å². The molecule has 0 spiro atoms. The van der Waals surface area contributed by atoms with Gasteiger partial charge in [0.1, 0.15) is 0 Å². The van der Waals surface area contributed by atoms with Gasteiger partial charge in [-0.2, -0.15) is 0 Å². The molecule has 92 valence electrons. The molecule has 0 radical (unpaired) electrons. The van der Waals surface area contributed by atoms with Crippen molar-refractivity contribution in [3.8, 4) is 0 Å². The third kappa shape index (κ3) is 3.52. The highest BCUT2D eigenvalue weighted by Gasteiger charge is 2.14. The SMILES string of the molecule is COC(CN)CNC(C)c1sc(C)nc1C. The van der Waals surface area contributed by atoms with Crippen molar-refractivity contribution < 1.29 is 4.74 Å². The lowest BCUT2D eigenvalue weighted by atomic mass is 10.2. The molecule has 16 heavy (non-hydrogen) atoms. The second-order valence-electron chi connectivity index (χ2n) is 3.91. The standard InChI is InChI=1S/C11H21N3OS/c1-7(13-6-10(5-12)15-4)11-8(2)14-9(3)16-11/h7,10,13H,5-6,12H2,1-4H3. The average molecular weight is 243 g/mol. The molecular formula is C11H21N3OS. The number of rotatable bonds is 6. The number of nitrogens with one attached hydrogen (secondary N) is 1. The van der Waals surface area contributed by atoms with E-state index in [1.165, 1.54) is 4.88 Å². The predicted octanol–water partition coefficient (Wildman–Crippen LogP) is 1.38. The Morgan fingerprint density at radius 3 is 2.62 bits per heavy atom. The molecule has 0 amide bonds. The van der Waals surface area contributed by atoms with Crippen LogP contribution in [0.2, 0.25) is 0 Å². The van der Waals surface area contributed by atoms with Crippen LogP contribution in [-0.2, 0) is 4.74 Å². The Hall–Kier alpha value is -0.490. The molecule has 5 heteroatoms. The first kappa shape index (κ1) is 13.6. The van der Waals surface area contributed by atoms with Gasteiger partial charge in [0.15, 0.2) is 0 Å². The van der Waals surface area contributed by atoms with Crippen molar-refractivity contribution in [2.75, 3.05) is 20.2 Å². The zero-order valence-corrected chi connectivity index (χ0v) is 11.2. The van der Waals surface area contributed by atoms with E-state index in [4.69, 9.17) is 10.5 Å². The van der Waals surface area contributed by atoms with Crippen molar-refractivity contribution >= 4 is 11.3 Å². The number of nitrogens with two attached hydrogens (primary N) is 1. The first-order valence-electron chi connectivity index (χ1n) is 5.48. The maximum absolute atomic E-state index is 5.57. The summed E-state index contributed by atoms with van der Waals surface area (Å²) in [6, 6.07) is 0.301. The van der Waals surface area contributed by atoms with Gasteiger partial charge < -0.3 is 15.8 Å². The Bertz CT molecular complexity index is 323. The molecule has 0 saturated heterocycles. The molecule has 2 atom stereocenters. The number of thiazole rings is 1.